The van der Waals surface area contributed by atoms with Gasteiger partial charge in [0.2, 0.25) is 0 Å². The molecule has 3 nitrogen and oxygen atoms in total. The van der Waals surface area contributed by atoms with Crippen LogP contribution in [0.5, 0.6) is 0 Å². The van der Waals surface area contributed by atoms with Crippen LogP contribution in [-0.4, -0.2) is 23.0 Å². The molecule has 2 heterocycles. The Morgan fingerprint density at radius 2 is 0.934 bits per heavy atom. The zero-order chi connectivity index (χ0) is 40.5. The summed E-state index contributed by atoms with van der Waals surface area (Å²) in [7, 11) is -1.82. The summed E-state index contributed by atoms with van der Waals surface area (Å²) in [5.74, 6) is 5.16. The van der Waals surface area contributed by atoms with Crippen molar-refractivity contribution in [3.05, 3.63) is 175 Å². The number of hydrogen-bond acceptors (Lipinski definition) is 3. The zero-order valence-electron chi connectivity index (χ0n) is 34.8. The van der Waals surface area contributed by atoms with Gasteiger partial charge in [0.1, 0.15) is 8.07 Å². The summed E-state index contributed by atoms with van der Waals surface area (Å²) < 4.78 is 0. The van der Waals surface area contributed by atoms with Crippen molar-refractivity contribution in [2.24, 2.45) is 23.7 Å². The van der Waals surface area contributed by atoms with Crippen molar-refractivity contribution in [1.29, 1.82) is 0 Å². The van der Waals surface area contributed by atoms with Crippen LogP contribution in [0.3, 0.4) is 0 Å². The van der Waals surface area contributed by atoms with Crippen LogP contribution in [0.1, 0.15) is 43.2 Å². The molecule has 294 valence electrons. The number of aromatic nitrogens is 3. The van der Waals surface area contributed by atoms with Gasteiger partial charge in [-0.25, -0.2) is 15.0 Å². The molecule has 61 heavy (non-hydrogen) atoms. The maximum Gasteiger partial charge on any atom is 0.164 e. The molecule has 7 aromatic carbocycles. The number of hydrogen-bond donors (Lipinski definition) is 0. The van der Waals surface area contributed by atoms with Gasteiger partial charge in [-0.2, -0.15) is 0 Å². The third kappa shape index (κ3) is 5.18. The summed E-state index contributed by atoms with van der Waals surface area (Å²) in [6, 6.07) is 60.8. The fourth-order valence-corrected chi connectivity index (χ4v) is 16.4. The third-order valence-electron chi connectivity index (χ3n) is 15.7. The molecule has 4 bridgehead atoms. The molecule has 14 rings (SSSR count). The molecule has 1 aliphatic heterocycles. The first-order chi connectivity index (χ1) is 29.9. The zero-order valence-corrected chi connectivity index (χ0v) is 35.8. The first-order valence-corrected chi connectivity index (χ1v) is 25.4. The molecule has 4 heteroatoms. The highest BCUT2D eigenvalue weighted by Gasteiger charge is 2.62. The summed E-state index contributed by atoms with van der Waals surface area (Å²) in [6.07, 6.45) is 6.78. The standard InChI is InChI=1S/C57H47N3Si/c1-61(2)51-22-10-9-19-45(51)46-25-23-41(34-52(46)61)40-24-26-47-50(33-40)57(43-28-35-27-36(30-43)31-44(57)29-35)49-21-12-20-48(53(47)49)56-59-54(38-15-7-4-8-16-38)58-55(60-56)42-18-11-17-39(32-42)37-13-5-3-6-14-37/h3-26,32-36,43-44H,27-31H2,1-2H3. The van der Waals surface area contributed by atoms with Crippen LogP contribution < -0.4 is 10.4 Å². The molecule has 0 radical (unpaired) electrons. The predicted molar refractivity (Wildman–Crippen MR) is 252 cm³/mol. The van der Waals surface area contributed by atoms with Gasteiger partial charge in [-0.05, 0) is 134 Å². The largest absolute Gasteiger partial charge is 0.208 e. The van der Waals surface area contributed by atoms with Crippen LogP contribution in [0.2, 0.25) is 13.1 Å². The first kappa shape index (κ1) is 35.5. The molecule has 0 atom stereocenters. The second-order valence-corrected chi connectivity index (χ2v) is 23.5. The first-order valence-electron chi connectivity index (χ1n) is 22.4. The predicted octanol–water partition coefficient (Wildman–Crippen LogP) is 12.7. The molecule has 0 amide bonds. The lowest BCUT2D eigenvalue weighted by Crippen LogP contribution is -2.55. The highest BCUT2D eigenvalue weighted by molar-refractivity contribution is 7.03. The molecule has 1 spiro atoms. The van der Waals surface area contributed by atoms with E-state index in [4.69, 9.17) is 15.0 Å². The van der Waals surface area contributed by atoms with Crippen LogP contribution in [-0.2, 0) is 5.41 Å². The summed E-state index contributed by atoms with van der Waals surface area (Å²) in [5.41, 5.74) is 16.7. The fourth-order valence-electron chi connectivity index (χ4n) is 13.3. The Labute approximate surface area is 359 Å². The highest BCUT2D eigenvalue weighted by atomic mass is 28.3. The van der Waals surface area contributed by atoms with E-state index < -0.39 is 8.07 Å². The van der Waals surface area contributed by atoms with Crippen LogP contribution in [0, 0.1) is 23.7 Å². The quantitative estimate of drug-likeness (QED) is 0.163. The lowest BCUT2D eigenvalue weighted by Gasteiger charge is -2.61. The Kier molecular flexibility index (Phi) is 7.65. The van der Waals surface area contributed by atoms with Crippen LogP contribution >= 0.6 is 0 Å². The molecule has 5 aliphatic carbocycles. The van der Waals surface area contributed by atoms with Crippen molar-refractivity contribution < 1.29 is 0 Å². The molecule has 0 unspecified atom stereocenters. The summed E-state index contributed by atoms with van der Waals surface area (Å²) >= 11 is 0. The Balaban J connectivity index is 1.01. The van der Waals surface area contributed by atoms with Gasteiger partial charge in [-0.15, -0.1) is 0 Å². The topological polar surface area (TPSA) is 38.7 Å². The van der Waals surface area contributed by atoms with E-state index in [-0.39, 0.29) is 5.41 Å². The fraction of sp³-hybridized carbons (Fsp3) is 0.211. The van der Waals surface area contributed by atoms with Crippen LogP contribution in [0.25, 0.3) is 78.7 Å². The van der Waals surface area contributed by atoms with Crippen molar-refractivity contribution >= 4 is 18.4 Å². The minimum Gasteiger partial charge on any atom is -0.208 e. The smallest absolute Gasteiger partial charge is 0.164 e. The number of fused-ring (bicyclic) bond motifs is 6. The van der Waals surface area contributed by atoms with E-state index in [9.17, 15) is 0 Å². The Morgan fingerprint density at radius 1 is 0.393 bits per heavy atom. The lowest BCUT2D eigenvalue weighted by atomic mass is 9.43. The van der Waals surface area contributed by atoms with Crippen molar-refractivity contribution in [3.8, 4) is 78.7 Å². The van der Waals surface area contributed by atoms with Crippen molar-refractivity contribution in [2.45, 2.75) is 50.6 Å². The van der Waals surface area contributed by atoms with Gasteiger partial charge >= 0.3 is 0 Å². The number of nitrogens with zero attached hydrogens (tertiary/aromatic N) is 3. The van der Waals surface area contributed by atoms with Crippen molar-refractivity contribution in [2.75, 3.05) is 0 Å². The third-order valence-corrected chi connectivity index (χ3v) is 19.3. The van der Waals surface area contributed by atoms with Gasteiger partial charge < -0.3 is 0 Å². The Bertz CT molecular complexity index is 3050. The SMILES string of the molecule is C[Si]1(C)c2ccccc2-c2ccc(-c3ccc4c(c3)C3(c5cccc(-c6nc(-c7ccccc7)nc(-c7cccc(-c8ccccc8)c7)n6)c5-4)C4CC5CC(C4)CC3C5)cc21. The molecule has 4 saturated carbocycles. The second kappa shape index (κ2) is 13.1. The molecular formula is C57H47N3Si. The molecule has 1 aromatic heterocycles. The van der Waals surface area contributed by atoms with Crippen LogP contribution in [0.4, 0.5) is 0 Å². The van der Waals surface area contributed by atoms with E-state index in [2.05, 4.69) is 177 Å². The van der Waals surface area contributed by atoms with E-state index in [0.717, 1.165) is 39.9 Å². The van der Waals surface area contributed by atoms with Gasteiger partial charge in [0.05, 0.1) is 0 Å². The second-order valence-electron chi connectivity index (χ2n) is 19.2. The monoisotopic (exact) mass is 801 g/mol. The average Bonchev–Trinajstić information content (AvgIpc) is 3.73. The molecule has 4 fully saturated rings. The number of rotatable bonds is 5. The van der Waals surface area contributed by atoms with E-state index in [1.807, 2.05) is 0 Å². The summed E-state index contributed by atoms with van der Waals surface area (Å²) in [5, 5.41) is 3.13. The lowest BCUT2D eigenvalue weighted by molar-refractivity contribution is -0.0399. The van der Waals surface area contributed by atoms with Crippen molar-refractivity contribution in [1.82, 2.24) is 15.0 Å². The molecule has 0 saturated heterocycles. The average molecular weight is 802 g/mol. The maximum absolute atomic E-state index is 5.42. The van der Waals surface area contributed by atoms with E-state index in [1.54, 1.807) is 15.9 Å². The highest BCUT2D eigenvalue weighted by Crippen LogP contribution is 2.70. The Morgan fingerprint density at radius 3 is 1.69 bits per heavy atom. The van der Waals surface area contributed by atoms with Gasteiger partial charge in [0.25, 0.3) is 0 Å². The van der Waals surface area contributed by atoms with Crippen molar-refractivity contribution in [3.63, 3.8) is 0 Å². The number of benzene rings is 7. The summed E-state index contributed by atoms with van der Waals surface area (Å²) in [4.78, 5) is 16.0. The van der Waals surface area contributed by atoms with E-state index in [1.165, 1.54) is 76.6 Å². The van der Waals surface area contributed by atoms with E-state index >= 15 is 0 Å². The minimum absolute atomic E-state index is 0.00672. The van der Waals surface area contributed by atoms with Gasteiger partial charge in [-0.3, -0.25) is 0 Å². The van der Waals surface area contributed by atoms with E-state index in [0.29, 0.717) is 23.5 Å². The molecule has 0 N–H and O–H groups in total. The normalized spacial score (nSPS) is 23.1. The maximum atomic E-state index is 5.42. The minimum atomic E-state index is -1.82. The van der Waals surface area contributed by atoms with Crippen LogP contribution in [0.15, 0.2) is 164 Å². The molecule has 6 aliphatic rings. The molecular weight excluding hydrogens is 755 g/mol. The molecule has 8 aromatic rings. The van der Waals surface area contributed by atoms with Gasteiger partial charge in [0.15, 0.2) is 17.5 Å². The van der Waals surface area contributed by atoms with Gasteiger partial charge in [-0.1, -0.05) is 165 Å². The van der Waals surface area contributed by atoms with Gasteiger partial charge in [0, 0.05) is 22.1 Å². The summed E-state index contributed by atoms with van der Waals surface area (Å²) in [6.45, 7) is 5.06. The Hall–Kier alpha value is -6.23.